The number of nitrogens with one attached hydrogen (secondary N) is 2. The Morgan fingerprint density at radius 1 is 1.21 bits per heavy atom. The SMILES string of the molecule is Cn1cc2c(n1)C(=O)NCCCCOc1cc(ccn1)-c1nc(co1)C(=O)N2. The highest BCUT2D eigenvalue weighted by Crippen LogP contribution is 2.23. The zero-order chi connectivity index (χ0) is 19.5. The van der Waals surface area contributed by atoms with Crippen LogP contribution in [0.4, 0.5) is 5.69 Å². The fourth-order valence-electron chi connectivity index (χ4n) is 2.76. The Kier molecular flexibility index (Phi) is 4.75. The molecule has 3 aromatic rings. The number of oxazole rings is 1. The van der Waals surface area contributed by atoms with E-state index in [0.717, 1.165) is 12.8 Å². The number of hydrogen-bond donors (Lipinski definition) is 2. The molecule has 144 valence electrons. The number of anilines is 1. The lowest BCUT2D eigenvalue weighted by atomic mass is 10.2. The molecule has 0 atom stereocenters. The summed E-state index contributed by atoms with van der Waals surface area (Å²) in [5, 5.41) is 9.60. The third-order valence-electron chi connectivity index (χ3n) is 4.12. The lowest BCUT2D eigenvalue weighted by molar-refractivity contribution is 0.0947. The Balaban J connectivity index is 1.67. The van der Waals surface area contributed by atoms with Crippen molar-refractivity contribution in [3.8, 4) is 17.3 Å². The first-order chi connectivity index (χ1) is 13.6. The number of carbonyl (C=O) groups excluding carboxylic acids is 2. The smallest absolute Gasteiger partial charge is 0.277 e. The molecule has 0 spiro atoms. The summed E-state index contributed by atoms with van der Waals surface area (Å²) in [6.45, 7) is 0.921. The van der Waals surface area contributed by atoms with Gasteiger partial charge in [-0.25, -0.2) is 9.97 Å². The van der Waals surface area contributed by atoms with Crippen LogP contribution in [0.5, 0.6) is 5.88 Å². The molecule has 0 unspecified atom stereocenters. The zero-order valence-corrected chi connectivity index (χ0v) is 15.1. The average Bonchev–Trinajstić information content (AvgIpc) is 3.31. The number of hydrogen-bond acceptors (Lipinski definition) is 7. The molecule has 2 N–H and O–H groups in total. The maximum atomic E-state index is 12.6. The third-order valence-corrected chi connectivity index (χ3v) is 4.12. The van der Waals surface area contributed by atoms with Gasteiger partial charge in [0.15, 0.2) is 11.4 Å². The summed E-state index contributed by atoms with van der Waals surface area (Å²) < 4.78 is 12.5. The maximum absolute atomic E-state index is 12.6. The van der Waals surface area contributed by atoms with Gasteiger partial charge in [0.2, 0.25) is 11.8 Å². The standard InChI is InChI=1S/C18H18N6O4/c1-24-9-12-15(23-24)17(26)20-5-2-3-7-27-14-8-11(4-6-19-14)18-22-13(10-28-18)16(25)21-12/h4,6,8-10H,2-3,5,7H2,1H3,(H,20,26)(H,21,25). The van der Waals surface area contributed by atoms with Gasteiger partial charge < -0.3 is 19.8 Å². The molecule has 1 aliphatic rings. The molecule has 10 nitrogen and oxygen atoms in total. The molecule has 0 aliphatic carbocycles. The Labute approximate surface area is 159 Å². The number of aromatic nitrogens is 4. The monoisotopic (exact) mass is 382 g/mol. The van der Waals surface area contributed by atoms with Gasteiger partial charge in [-0.3, -0.25) is 14.3 Å². The Morgan fingerprint density at radius 2 is 2.11 bits per heavy atom. The maximum Gasteiger partial charge on any atom is 0.277 e. The van der Waals surface area contributed by atoms with Crippen molar-refractivity contribution in [3.05, 3.63) is 42.2 Å². The first-order valence-corrected chi connectivity index (χ1v) is 8.78. The number of amides is 2. The van der Waals surface area contributed by atoms with E-state index in [0.29, 0.717) is 30.3 Å². The van der Waals surface area contributed by atoms with E-state index in [9.17, 15) is 9.59 Å². The highest BCUT2D eigenvalue weighted by atomic mass is 16.5. The number of pyridine rings is 1. The lowest BCUT2D eigenvalue weighted by Crippen LogP contribution is -2.26. The molecule has 0 fully saturated rings. The van der Waals surface area contributed by atoms with Crippen molar-refractivity contribution in [3.63, 3.8) is 0 Å². The van der Waals surface area contributed by atoms with E-state index in [-0.39, 0.29) is 23.2 Å². The number of fused-ring (bicyclic) bond motifs is 6. The molecule has 4 bridgehead atoms. The summed E-state index contributed by atoms with van der Waals surface area (Å²) >= 11 is 0. The predicted octanol–water partition coefficient (Wildman–Crippen LogP) is 1.62. The van der Waals surface area contributed by atoms with Gasteiger partial charge in [-0.1, -0.05) is 0 Å². The van der Waals surface area contributed by atoms with Gasteiger partial charge in [0, 0.05) is 37.6 Å². The average molecular weight is 382 g/mol. The lowest BCUT2D eigenvalue weighted by Gasteiger charge is -2.07. The van der Waals surface area contributed by atoms with Crippen molar-refractivity contribution >= 4 is 17.5 Å². The molecule has 0 aromatic carbocycles. The molecule has 3 aromatic heterocycles. The van der Waals surface area contributed by atoms with Crippen LogP contribution < -0.4 is 15.4 Å². The van der Waals surface area contributed by atoms with Gasteiger partial charge in [0.05, 0.1) is 12.3 Å². The van der Waals surface area contributed by atoms with Crippen molar-refractivity contribution in [2.75, 3.05) is 18.5 Å². The van der Waals surface area contributed by atoms with E-state index in [2.05, 4.69) is 25.7 Å². The number of rotatable bonds is 0. The molecule has 0 saturated carbocycles. The van der Waals surface area contributed by atoms with Crippen LogP contribution in [0.1, 0.15) is 33.8 Å². The topological polar surface area (TPSA) is 124 Å². The van der Waals surface area contributed by atoms with Crippen molar-refractivity contribution in [2.45, 2.75) is 12.8 Å². The largest absolute Gasteiger partial charge is 0.478 e. The molecule has 10 heteroatoms. The highest BCUT2D eigenvalue weighted by Gasteiger charge is 2.20. The number of nitrogens with zero attached hydrogens (tertiary/aromatic N) is 4. The van der Waals surface area contributed by atoms with E-state index in [1.807, 2.05) is 0 Å². The fourth-order valence-corrected chi connectivity index (χ4v) is 2.76. The Hall–Kier alpha value is -3.69. The van der Waals surface area contributed by atoms with Gasteiger partial charge in [0.1, 0.15) is 6.26 Å². The Morgan fingerprint density at radius 3 is 3.00 bits per heavy atom. The summed E-state index contributed by atoms with van der Waals surface area (Å²) in [6, 6.07) is 3.42. The summed E-state index contributed by atoms with van der Waals surface area (Å²) in [7, 11) is 1.67. The quantitative estimate of drug-likeness (QED) is 0.605. The number of aryl methyl sites for hydroxylation is 1. The van der Waals surface area contributed by atoms with Crippen LogP contribution in [0.3, 0.4) is 0 Å². The molecule has 2 amide bonds. The highest BCUT2D eigenvalue weighted by molar-refractivity contribution is 6.07. The minimum absolute atomic E-state index is 0.0776. The summed E-state index contributed by atoms with van der Waals surface area (Å²) in [4.78, 5) is 33.3. The van der Waals surface area contributed by atoms with Crippen molar-refractivity contribution in [1.82, 2.24) is 25.1 Å². The van der Waals surface area contributed by atoms with Crippen molar-refractivity contribution in [2.24, 2.45) is 7.05 Å². The van der Waals surface area contributed by atoms with Crippen LogP contribution in [-0.2, 0) is 7.05 Å². The van der Waals surface area contributed by atoms with Crippen LogP contribution in [-0.4, -0.2) is 44.7 Å². The van der Waals surface area contributed by atoms with Gasteiger partial charge in [-0.2, -0.15) is 5.10 Å². The molecular formula is C18H18N6O4. The minimum atomic E-state index is -0.508. The molecule has 0 radical (unpaired) electrons. The summed E-state index contributed by atoms with van der Waals surface area (Å²) in [5.74, 6) is -0.166. The van der Waals surface area contributed by atoms with Gasteiger partial charge in [0.25, 0.3) is 11.8 Å². The molecule has 1 aliphatic heterocycles. The van der Waals surface area contributed by atoms with Crippen LogP contribution >= 0.6 is 0 Å². The van der Waals surface area contributed by atoms with E-state index >= 15 is 0 Å². The van der Waals surface area contributed by atoms with Crippen LogP contribution in [0, 0.1) is 0 Å². The van der Waals surface area contributed by atoms with Gasteiger partial charge in [-0.05, 0) is 18.9 Å². The van der Waals surface area contributed by atoms with Crippen LogP contribution in [0.2, 0.25) is 0 Å². The zero-order valence-electron chi connectivity index (χ0n) is 15.1. The molecule has 28 heavy (non-hydrogen) atoms. The van der Waals surface area contributed by atoms with E-state index in [1.54, 1.807) is 31.6 Å². The molecule has 4 rings (SSSR count). The first-order valence-electron chi connectivity index (χ1n) is 8.78. The predicted molar refractivity (Wildman–Crippen MR) is 98.0 cm³/mol. The summed E-state index contributed by atoms with van der Waals surface area (Å²) in [5.41, 5.74) is 1.16. The Bertz CT molecular complexity index is 1020. The normalized spacial score (nSPS) is 15.0. The second kappa shape index (κ2) is 7.51. The molecule has 4 heterocycles. The van der Waals surface area contributed by atoms with Crippen molar-refractivity contribution in [1.29, 1.82) is 0 Å². The first kappa shape index (κ1) is 17.7. The molecule has 0 saturated heterocycles. The number of carbonyl (C=O) groups is 2. The van der Waals surface area contributed by atoms with Gasteiger partial charge in [-0.15, -0.1) is 0 Å². The summed E-state index contributed by atoms with van der Waals surface area (Å²) in [6.07, 6.45) is 5.87. The van der Waals surface area contributed by atoms with Crippen molar-refractivity contribution < 1.29 is 18.7 Å². The van der Waals surface area contributed by atoms with E-state index < -0.39 is 5.91 Å². The molecular weight excluding hydrogens is 364 g/mol. The van der Waals surface area contributed by atoms with Crippen LogP contribution in [0.15, 0.2) is 35.2 Å². The second-order valence-corrected chi connectivity index (χ2v) is 6.25. The minimum Gasteiger partial charge on any atom is -0.478 e. The van der Waals surface area contributed by atoms with Gasteiger partial charge >= 0.3 is 0 Å². The van der Waals surface area contributed by atoms with E-state index in [1.165, 1.54) is 10.9 Å². The fraction of sp³-hybridized carbons (Fsp3) is 0.278. The van der Waals surface area contributed by atoms with Crippen LogP contribution in [0.25, 0.3) is 11.5 Å². The third kappa shape index (κ3) is 3.70. The second-order valence-electron chi connectivity index (χ2n) is 6.25. The number of ether oxygens (including phenoxy) is 1. The van der Waals surface area contributed by atoms with E-state index in [4.69, 9.17) is 9.15 Å².